The summed E-state index contributed by atoms with van der Waals surface area (Å²) in [6.45, 7) is 0.898. The van der Waals surface area contributed by atoms with E-state index >= 15 is 0 Å². The molecule has 0 saturated carbocycles. The fourth-order valence-electron chi connectivity index (χ4n) is 1.97. The molecular formula is C12H12F3NO3S. The molecule has 1 amide bonds. The molecule has 1 fully saturated rings. The first-order valence-corrected chi connectivity index (χ1v) is 7.25. The van der Waals surface area contributed by atoms with Crippen LogP contribution >= 0.6 is 0 Å². The summed E-state index contributed by atoms with van der Waals surface area (Å²) >= 11 is 0. The zero-order valence-electron chi connectivity index (χ0n) is 10.5. The second-order valence-electron chi connectivity index (χ2n) is 4.69. The molecule has 0 spiro atoms. The Labute approximate surface area is 114 Å². The molecule has 1 aromatic rings. The number of hydrogen-bond donors (Lipinski definition) is 0. The molecule has 1 heterocycles. The van der Waals surface area contributed by atoms with Crippen LogP contribution < -0.4 is 0 Å². The predicted molar refractivity (Wildman–Crippen MR) is 64.2 cm³/mol. The molecule has 0 radical (unpaired) electrons. The van der Waals surface area contributed by atoms with Gasteiger partial charge in [0, 0.05) is 13.0 Å². The van der Waals surface area contributed by atoms with Gasteiger partial charge >= 0.3 is 6.18 Å². The molecule has 0 aliphatic carbocycles. The van der Waals surface area contributed by atoms with Crippen molar-refractivity contribution in [3.05, 3.63) is 29.8 Å². The Balaban J connectivity index is 2.31. The van der Waals surface area contributed by atoms with E-state index in [1.165, 1.54) is 24.3 Å². The SMILES string of the molecule is Cc1ccc(S(=O)(=O)N2C[C@@H](C(F)(F)F)CC2=O)cc1. The van der Waals surface area contributed by atoms with Crippen molar-refractivity contribution in [2.24, 2.45) is 5.92 Å². The molecule has 1 aromatic carbocycles. The van der Waals surface area contributed by atoms with E-state index in [9.17, 15) is 26.4 Å². The minimum atomic E-state index is -4.58. The van der Waals surface area contributed by atoms with E-state index in [2.05, 4.69) is 0 Å². The highest BCUT2D eigenvalue weighted by Crippen LogP contribution is 2.36. The molecule has 4 nitrogen and oxygen atoms in total. The average molecular weight is 307 g/mol. The third-order valence-corrected chi connectivity index (χ3v) is 4.96. The number of rotatable bonds is 2. The van der Waals surface area contributed by atoms with Crippen LogP contribution in [0.1, 0.15) is 12.0 Å². The molecule has 1 aliphatic rings. The van der Waals surface area contributed by atoms with Crippen LogP contribution in [0.25, 0.3) is 0 Å². The summed E-state index contributed by atoms with van der Waals surface area (Å²) in [4.78, 5) is 11.4. The first kappa shape index (κ1) is 14.8. The van der Waals surface area contributed by atoms with Crippen molar-refractivity contribution in [2.45, 2.75) is 24.4 Å². The van der Waals surface area contributed by atoms with Gasteiger partial charge in [-0.15, -0.1) is 0 Å². The van der Waals surface area contributed by atoms with Crippen molar-refractivity contribution in [1.82, 2.24) is 4.31 Å². The fraction of sp³-hybridized carbons (Fsp3) is 0.417. The minimum Gasteiger partial charge on any atom is -0.274 e. The van der Waals surface area contributed by atoms with E-state index < -0.39 is 41.0 Å². The zero-order chi connectivity index (χ0) is 15.1. The van der Waals surface area contributed by atoms with Gasteiger partial charge in [0.2, 0.25) is 5.91 Å². The van der Waals surface area contributed by atoms with Crippen LogP contribution in [0, 0.1) is 12.8 Å². The van der Waals surface area contributed by atoms with Gasteiger partial charge in [-0.05, 0) is 19.1 Å². The van der Waals surface area contributed by atoms with Crippen LogP contribution in [0.5, 0.6) is 0 Å². The first-order chi connectivity index (χ1) is 9.12. The molecule has 0 bridgehead atoms. The lowest BCUT2D eigenvalue weighted by molar-refractivity contribution is -0.170. The lowest BCUT2D eigenvalue weighted by Crippen LogP contribution is -2.34. The van der Waals surface area contributed by atoms with Gasteiger partial charge < -0.3 is 0 Å². The monoisotopic (exact) mass is 307 g/mol. The van der Waals surface area contributed by atoms with Crippen molar-refractivity contribution in [1.29, 1.82) is 0 Å². The zero-order valence-corrected chi connectivity index (χ0v) is 11.3. The molecule has 20 heavy (non-hydrogen) atoms. The summed E-state index contributed by atoms with van der Waals surface area (Å²) in [6, 6.07) is 5.60. The maximum atomic E-state index is 12.6. The third kappa shape index (κ3) is 2.65. The summed E-state index contributed by atoms with van der Waals surface area (Å²) in [5, 5.41) is 0. The van der Waals surface area contributed by atoms with Crippen molar-refractivity contribution < 1.29 is 26.4 Å². The number of aryl methyl sites for hydroxylation is 1. The lowest BCUT2D eigenvalue weighted by atomic mass is 10.1. The average Bonchev–Trinajstić information content (AvgIpc) is 2.72. The van der Waals surface area contributed by atoms with Gasteiger partial charge in [-0.25, -0.2) is 12.7 Å². The topological polar surface area (TPSA) is 54.5 Å². The second-order valence-corrected chi connectivity index (χ2v) is 6.55. The van der Waals surface area contributed by atoms with Crippen LogP contribution in [0.15, 0.2) is 29.2 Å². The number of alkyl halides is 3. The highest BCUT2D eigenvalue weighted by molar-refractivity contribution is 7.89. The van der Waals surface area contributed by atoms with E-state index in [0.717, 1.165) is 5.56 Å². The van der Waals surface area contributed by atoms with Gasteiger partial charge in [0.15, 0.2) is 0 Å². The Morgan fingerprint density at radius 3 is 2.20 bits per heavy atom. The normalized spacial score (nSPS) is 20.5. The fourth-order valence-corrected chi connectivity index (χ4v) is 3.42. The highest BCUT2D eigenvalue weighted by Gasteiger charge is 2.50. The number of carbonyl (C=O) groups is 1. The molecule has 8 heteroatoms. The molecule has 0 N–H and O–H groups in total. The van der Waals surface area contributed by atoms with E-state index in [0.29, 0.717) is 4.31 Å². The van der Waals surface area contributed by atoms with E-state index in [1.807, 2.05) is 0 Å². The van der Waals surface area contributed by atoms with Crippen molar-refractivity contribution in [2.75, 3.05) is 6.54 Å². The number of sulfonamides is 1. The number of amides is 1. The molecular weight excluding hydrogens is 295 g/mol. The molecule has 1 atom stereocenters. The predicted octanol–water partition coefficient (Wildman–Crippen LogP) is 2.09. The van der Waals surface area contributed by atoms with Crippen LogP contribution in [0.2, 0.25) is 0 Å². The minimum absolute atomic E-state index is 0.181. The summed E-state index contributed by atoms with van der Waals surface area (Å²) in [6.07, 6.45) is -5.40. The number of halogens is 3. The Bertz CT molecular complexity index is 622. The van der Waals surface area contributed by atoms with E-state index in [4.69, 9.17) is 0 Å². The van der Waals surface area contributed by atoms with Crippen molar-refractivity contribution >= 4 is 15.9 Å². The second kappa shape index (κ2) is 4.76. The Hall–Kier alpha value is -1.57. The van der Waals surface area contributed by atoms with Gasteiger partial charge in [-0.2, -0.15) is 13.2 Å². The summed E-state index contributed by atoms with van der Waals surface area (Å²) in [7, 11) is -4.21. The molecule has 2 rings (SSSR count). The summed E-state index contributed by atoms with van der Waals surface area (Å²) < 4.78 is 62.4. The van der Waals surface area contributed by atoms with Crippen LogP contribution in [0.4, 0.5) is 13.2 Å². The summed E-state index contributed by atoms with van der Waals surface area (Å²) in [5.41, 5.74) is 0.810. The molecule has 1 aliphatic heterocycles. The summed E-state index contributed by atoms with van der Waals surface area (Å²) in [5.74, 6) is -2.96. The Morgan fingerprint density at radius 2 is 1.75 bits per heavy atom. The van der Waals surface area contributed by atoms with Crippen molar-refractivity contribution in [3.8, 4) is 0 Å². The maximum Gasteiger partial charge on any atom is 0.394 e. The van der Waals surface area contributed by atoms with Crippen LogP contribution in [-0.4, -0.2) is 31.4 Å². The maximum absolute atomic E-state index is 12.6. The Morgan fingerprint density at radius 1 is 1.20 bits per heavy atom. The molecule has 110 valence electrons. The van der Waals surface area contributed by atoms with Crippen molar-refractivity contribution in [3.63, 3.8) is 0 Å². The standard InChI is InChI=1S/C12H12F3NO3S/c1-8-2-4-10(5-3-8)20(18,19)16-7-9(6-11(16)17)12(13,14)15/h2-5,9H,6-7H2,1H3/t9-/m0/s1. The van der Waals surface area contributed by atoms with Gasteiger partial charge in [0.1, 0.15) is 0 Å². The third-order valence-electron chi connectivity index (χ3n) is 3.16. The van der Waals surface area contributed by atoms with Gasteiger partial charge in [-0.1, -0.05) is 17.7 Å². The Kier molecular flexibility index (Phi) is 3.53. The van der Waals surface area contributed by atoms with Gasteiger partial charge in [-0.3, -0.25) is 4.79 Å². The highest BCUT2D eigenvalue weighted by atomic mass is 32.2. The number of carbonyl (C=O) groups excluding carboxylic acids is 1. The van der Waals surface area contributed by atoms with Crippen LogP contribution in [0.3, 0.4) is 0 Å². The van der Waals surface area contributed by atoms with Gasteiger partial charge in [0.25, 0.3) is 10.0 Å². The molecule has 1 saturated heterocycles. The first-order valence-electron chi connectivity index (χ1n) is 5.81. The molecule has 0 unspecified atom stereocenters. The van der Waals surface area contributed by atoms with E-state index in [-0.39, 0.29) is 4.90 Å². The lowest BCUT2D eigenvalue weighted by Gasteiger charge is -2.18. The number of hydrogen-bond acceptors (Lipinski definition) is 3. The quantitative estimate of drug-likeness (QED) is 0.841. The number of benzene rings is 1. The largest absolute Gasteiger partial charge is 0.394 e. The van der Waals surface area contributed by atoms with Gasteiger partial charge in [0.05, 0.1) is 10.8 Å². The van der Waals surface area contributed by atoms with E-state index in [1.54, 1.807) is 6.92 Å². The molecule has 0 aromatic heterocycles. The number of nitrogens with zero attached hydrogens (tertiary/aromatic N) is 1. The van der Waals surface area contributed by atoms with Crippen LogP contribution in [-0.2, 0) is 14.8 Å². The smallest absolute Gasteiger partial charge is 0.274 e.